The van der Waals surface area contributed by atoms with Gasteiger partial charge in [0.15, 0.2) is 12.2 Å². The molecule has 0 saturated heterocycles. The summed E-state index contributed by atoms with van der Waals surface area (Å²) in [6.45, 7) is 0.247. The van der Waals surface area contributed by atoms with Crippen molar-refractivity contribution in [1.29, 1.82) is 0 Å². The minimum Gasteiger partial charge on any atom is -0.484 e. The number of nitrogens with two attached hydrogens (primary N) is 1. The second kappa shape index (κ2) is 5.22. The second-order valence-electron chi connectivity index (χ2n) is 4.39. The van der Waals surface area contributed by atoms with Gasteiger partial charge in [-0.15, -0.1) is 0 Å². The number of nitrogen functional groups attached to an aromatic ring is 1. The summed E-state index contributed by atoms with van der Waals surface area (Å²) in [6.07, 6.45) is 0. The highest BCUT2D eigenvalue weighted by Crippen LogP contribution is 2.22. The zero-order chi connectivity index (χ0) is 13.9. The van der Waals surface area contributed by atoms with Crippen molar-refractivity contribution in [3.05, 3.63) is 53.9 Å². The van der Waals surface area contributed by atoms with Crippen LogP contribution in [-0.4, -0.2) is 10.1 Å². The number of aromatic nitrogens is 1. The number of fused-ring (bicyclic) bond motifs is 1. The van der Waals surface area contributed by atoms with Gasteiger partial charge in [-0.05, 0) is 29.8 Å². The van der Waals surface area contributed by atoms with Crippen molar-refractivity contribution in [3.8, 4) is 5.75 Å². The Bertz CT molecular complexity index is 720. The molecule has 0 fully saturated rings. The highest BCUT2D eigenvalue weighted by Gasteiger charge is 2.08. The Balaban J connectivity index is 1.74. The van der Waals surface area contributed by atoms with E-state index in [0.29, 0.717) is 28.4 Å². The summed E-state index contributed by atoms with van der Waals surface area (Å²) in [5.74, 6) is 1.17. The van der Waals surface area contributed by atoms with Crippen molar-refractivity contribution >= 4 is 16.8 Å². The number of ether oxygens (including phenoxy) is 1. The lowest BCUT2D eigenvalue weighted by Crippen LogP contribution is -1.96. The summed E-state index contributed by atoms with van der Waals surface area (Å²) in [7, 11) is 0. The van der Waals surface area contributed by atoms with Crippen LogP contribution in [0.4, 0.5) is 5.69 Å². The predicted molar refractivity (Wildman–Crippen MR) is 75.1 cm³/mol. The lowest BCUT2D eigenvalue weighted by molar-refractivity contribution is 0.265. The largest absolute Gasteiger partial charge is 0.484 e. The molecule has 0 radical (unpaired) electrons. The number of para-hydroxylation sites is 1. The van der Waals surface area contributed by atoms with Crippen molar-refractivity contribution in [1.82, 2.24) is 4.98 Å². The quantitative estimate of drug-likeness (QED) is 0.712. The monoisotopic (exact) mass is 270 g/mol. The fraction of sp³-hybridized carbons (Fsp3) is 0.133. The molecule has 0 bridgehead atoms. The highest BCUT2D eigenvalue weighted by molar-refractivity contribution is 5.85. The molecular weight excluding hydrogens is 256 g/mol. The molecule has 0 unspecified atom stereocenters. The molecule has 2 aromatic carbocycles. The average Bonchev–Trinajstić information content (AvgIpc) is 2.90. The summed E-state index contributed by atoms with van der Waals surface area (Å²) in [5, 5.41) is 8.97. The van der Waals surface area contributed by atoms with Gasteiger partial charge in [0.05, 0.1) is 12.3 Å². The van der Waals surface area contributed by atoms with Gasteiger partial charge < -0.3 is 20.0 Å². The van der Waals surface area contributed by atoms with Crippen molar-refractivity contribution in [2.45, 2.75) is 13.2 Å². The van der Waals surface area contributed by atoms with Gasteiger partial charge in [0, 0.05) is 0 Å². The van der Waals surface area contributed by atoms with Crippen molar-refractivity contribution in [3.63, 3.8) is 0 Å². The van der Waals surface area contributed by atoms with E-state index in [2.05, 4.69) is 4.98 Å². The molecule has 0 aliphatic heterocycles. The van der Waals surface area contributed by atoms with E-state index < -0.39 is 0 Å². The number of anilines is 1. The number of oxazole rings is 1. The first-order valence-electron chi connectivity index (χ1n) is 6.23. The summed E-state index contributed by atoms with van der Waals surface area (Å²) in [4.78, 5) is 4.30. The first-order chi connectivity index (χ1) is 9.76. The normalized spacial score (nSPS) is 10.8. The molecule has 0 aliphatic rings. The molecule has 102 valence electrons. The predicted octanol–water partition coefficient (Wildman–Crippen LogP) is 2.48. The summed E-state index contributed by atoms with van der Waals surface area (Å²) in [5.41, 5.74) is 8.56. The van der Waals surface area contributed by atoms with Gasteiger partial charge in [0.2, 0.25) is 5.89 Å². The van der Waals surface area contributed by atoms with Crippen LogP contribution in [0.5, 0.6) is 5.75 Å². The smallest absolute Gasteiger partial charge is 0.233 e. The van der Waals surface area contributed by atoms with E-state index in [-0.39, 0.29) is 13.2 Å². The Labute approximate surface area is 115 Å². The zero-order valence-corrected chi connectivity index (χ0v) is 10.7. The Kier molecular flexibility index (Phi) is 3.26. The SMILES string of the molecule is Nc1cccc2oc(COc3ccc(CO)cc3)nc12. The van der Waals surface area contributed by atoms with Crippen LogP contribution in [0.15, 0.2) is 46.9 Å². The third-order valence-electron chi connectivity index (χ3n) is 2.96. The number of rotatable bonds is 4. The Morgan fingerprint density at radius 3 is 2.65 bits per heavy atom. The molecule has 0 amide bonds. The third kappa shape index (κ3) is 2.44. The average molecular weight is 270 g/mol. The lowest BCUT2D eigenvalue weighted by atomic mass is 10.2. The fourth-order valence-corrected chi connectivity index (χ4v) is 1.91. The van der Waals surface area contributed by atoms with E-state index in [4.69, 9.17) is 20.0 Å². The Hall–Kier alpha value is -2.53. The van der Waals surface area contributed by atoms with Gasteiger partial charge in [-0.25, -0.2) is 4.98 Å². The molecule has 3 rings (SSSR count). The molecular formula is C15H14N2O3. The molecule has 20 heavy (non-hydrogen) atoms. The van der Waals surface area contributed by atoms with Crippen molar-refractivity contribution in [2.24, 2.45) is 0 Å². The van der Waals surface area contributed by atoms with E-state index in [1.807, 2.05) is 12.1 Å². The topological polar surface area (TPSA) is 81.5 Å². The summed E-state index contributed by atoms with van der Waals surface area (Å²) in [6, 6.07) is 12.6. The standard InChI is InChI=1S/C15H14N2O3/c16-12-2-1-3-13-15(12)17-14(20-13)9-19-11-6-4-10(8-18)5-7-11/h1-7,18H,8-9,16H2. The molecule has 0 atom stereocenters. The van der Waals surface area contributed by atoms with Crippen molar-refractivity contribution < 1.29 is 14.3 Å². The number of aliphatic hydroxyl groups excluding tert-OH is 1. The number of hydrogen-bond donors (Lipinski definition) is 2. The minimum atomic E-state index is 0.0185. The lowest BCUT2D eigenvalue weighted by Gasteiger charge is -2.03. The maximum Gasteiger partial charge on any atom is 0.233 e. The summed E-state index contributed by atoms with van der Waals surface area (Å²) < 4.78 is 11.1. The van der Waals surface area contributed by atoms with Crippen LogP contribution >= 0.6 is 0 Å². The molecule has 1 aromatic heterocycles. The number of nitrogens with zero attached hydrogens (tertiary/aromatic N) is 1. The van der Waals surface area contributed by atoms with E-state index in [9.17, 15) is 0 Å². The minimum absolute atomic E-state index is 0.0185. The maximum atomic E-state index is 8.97. The molecule has 5 nitrogen and oxygen atoms in total. The van der Waals surface area contributed by atoms with Gasteiger partial charge >= 0.3 is 0 Å². The van der Waals surface area contributed by atoms with E-state index >= 15 is 0 Å². The van der Waals surface area contributed by atoms with Crippen LogP contribution in [0.25, 0.3) is 11.1 Å². The van der Waals surface area contributed by atoms with Crippen molar-refractivity contribution in [2.75, 3.05) is 5.73 Å². The van der Waals surface area contributed by atoms with Gasteiger partial charge in [-0.2, -0.15) is 0 Å². The third-order valence-corrected chi connectivity index (χ3v) is 2.96. The highest BCUT2D eigenvalue weighted by atomic mass is 16.5. The maximum absolute atomic E-state index is 8.97. The van der Waals surface area contributed by atoms with E-state index in [0.717, 1.165) is 5.56 Å². The number of benzene rings is 2. The van der Waals surface area contributed by atoms with Crippen LogP contribution in [0, 0.1) is 0 Å². The molecule has 5 heteroatoms. The van der Waals surface area contributed by atoms with Crippen LogP contribution in [-0.2, 0) is 13.2 Å². The molecule has 0 saturated carbocycles. The molecule has 0 aliphatic carbocycles. The van der Waals surface area contributed by atoms with Gasteiger partial charge in [-0.1, -0.05) is 18.2 Å². The Morgan fingerprint density at radius 2 is 1.95 bits per heavy atom. The molecule has 1 heterocycles. The first kappa shape index (κ1) is 12.5. The summed E-state index contributed by atoms with van der Waals surface area (Å²) >= 11 is 0. The van der Waals surface area contributed by atoms with Crippen LogP contribution < -0.4 is 10.5 Å². The van der Waals surface area contributed by atoms with Gasteiger partial charge in [0.1, 0.15) is 11.3 Å². The molecule has 3 aromatic rings. The van der Waals surface area contributed by atoms with Crippen LogP contribution in [0.1, 0.15) is 11.5 Å². The zero-order valence-electron chi connectivity index (χ0n) is 10.7. The Morgan fingerprint density at radius 1 is 1.15 bits per heavy atom. The number of hydrogen-bond acceptors (Lipinski definition) is 5. The van der Waals surface area contributed by atoms with Gasteiger partial charge in [0.25, 0.3) is 0 Å². The second-order valence-corrected chi connectivity index (χ2v) is 4.39. The van der Waals surface area contributed by atoms with Gasteiger partial charge in [-0.3, -0.25) is 0 Å². The molecule has 3 N–H and O–H groups in total. The molecule has 0 spiro atoms. The van der Waals surface area contributed by atoms with E-state index in [1.165, 1.54) is 0 Å². The first-order valence-corrected chi connectivity index (χ1v) is 6.23. The van der Waals surface area contributed by atoms with Crippen LogP contribution in [0.3, 0.4) is 0 Å². The fourth-order valence-electron chi connectivity index (χ4n) is 1.91. The van der Waals surface area contributed by atoms with E-state index in [1.54, 1.807) is 30.3 Å². The van der Waals surface area contributed by atoms with Crippen LogP contribution in [0.2, 0.25) is 0 Å². The number of aliphatic hydroxyl groups is 1.